The maximum atomic E-state index is 5.95. The summed E-state index contributed by atoms with van der Waals surface area (Å²) in [5, 5.41) is 3.97. The van der Waals surface area contributed by atoms with E-state index in [1.165, 1.54) is 0 Å². The maximum absolute atomic E-state index is 5.95. The summed E-state index contributed by atoms with van der Waals surface area (Å²) >= 11 is 5.95. The van der Waals surface area contributed by atoms with Gasteiger partial charge in [-0.05, 0) is 30.9 Å². The molecule has 4 heteroatoms. The molecule has 0 spiro atoms. The molecule has 0 aromatic heterocycles. The molecule has 1 saturated heterocycles. The van der Waals surface area contributed by atoms with Gasteiger partial charge >= 0.3 is 0 Å². The summed E-state index contributed by atoms with van der Waals surface area (Å²) in [6.45, 7) is 2.68. The number of hydrogen-bond donors (Lipinski definition) is 2. The summed E-state index contributed by atoms with van der Waals surface area (Å²) in [5.74, 6) is 0.673. The molecule has 1 aromatic carbocycles. The molecular weight excluding hydrogens is 224 g/mol. The van der Waals surface area contributed by atoms with Crippen LogP contribution >= 0.6 is 11.6 Å². The van der Waals surface area contributed by atoms with Crippen LogP contribution in [0.3, 0.4) is 0 Å². The smallest absolute Gasteiger partial charge is 0.0739 e. The van der Waals surface area contributed by atoms with Gasteiger partial charge in [0.05, 0.1) is 16.4 Å². The number of anilines is 2. The first kappa shape index (κ1) is 11.6. The third-order valence-corrected chi connectivity index (χ3v) is 3.30. The number of nitrogens with two attached hydrogens (primary N) is 1. The zero-order valence-corrected chi connectivity index (χ0v) is 9.96. The second-order valence-electron chi connectivity index (χ2n) is 4.14. The molecule has 0 bridgehead atoms. The van der Waals surface area contributed by atoms with Crippen molar-refractivity contribution < 1.29 is 4.74 Å². The number of halogens is 1. The van der Waals surface area contributed by atoms with E-state index in [-0.39, 0.29) is 0 Å². The van der Waals surface area contributed by atoms with Crippen LogP contribution in [0.2, 0.25) is 5.02 Å². The third-order valence-electron chi connectivity index (χ3n) is 2.97. The van der Waals surface area contributed by atoms with Gasteiger partial charge in [-0.2, -0.15) is 0 Å². The molecule has 0 radical (unpaired) electrons. The Morgan fingerprint density at radius 3 is 2.88 bits per heavy atom. The Balaban J connectivity index is 1.91. The van der Waals surface area contributed by atoms with Crippen molar-refractivity contribution in [1.29, 1.82) is 0 Å². The summed E-state index contributed by atoms with van der Waals surface area (Å²) in [4.78, 5) is 0. The lowest BCUT2D eigenvalue weighted by Gasteiger charge is -2.23. The van der Waals surface area contributed by atoms with E-state index in [9.17, 15) is 0 Å². The molecule has 3 nitrogen and oxygen atoms in total. The minimum absolute atomic E-state index is 0.608. The van der Waals surface area contributed by atoms with E-state index in [1.807, 2.05) is 12.1 Å². The molecule has 1 fully saturated rings. The van der Waals surface area contributed by atoms with E-state index in [1.54, 1.807) is 6.07 Å². The molecule has 0 aliphatic carbocycles. The topological polar surface area (TPSA) is 47.3 Å². The van der Waals surface area contributed by atoms with Crippen LogP contribution in [0.5, 0.6) is 0 Å². The summed E-state index contributed by atoms with van der Waals surface area (Å²) in [7, 11) is 0. The second-order valence-corrected chi connectivity index (χ2v) is 4.54. The number of para-hydroxylation sites is 1. The molecule has 0 saturated carbocycles. The number of benzene rings is 1. The van der Waals surface area contributed by atoms with E-state index >= 15 is 0 Å². The van der Waals surface area contributed by atoms with Gasteiger partial charge in [0.15, 0.2) is 0 Å². The van der Waals surface area contributed by atoms with Crippen LogP contribution in [0.15, 0.2) is 18.2 Å². The Kier molecular flexibility index (Phi) is 3.91. The van der Waals surface area contributed by atoms with Crippen LogP contribution in [0, 0.1) is 5.92 Å². The number of nitrogens with one attached hydrogen (secondary N) is 1. The van der Waals surface area contributed by atoms with E-state index in [0.29, 0.717) is 16.6 Å². The van der Waals surface area contributed by atoms with Crippen molar-refractivity contribution in [2.24, 2.45) is 5.92 Å². The van der Waals surface area contributed by atoms with Crippen molar-refractivity contribution in [3.8, 4) is 0 Å². The lowest BCUT2D eigenvalue weighted by molar-refractivity contribution is 0.0699. The van der Waals surface area contributed by atoms with Gasteiger partial charge in [-0.15, -0.1) is 0 Å². The van der Waals surface area contributed by atoms with E-state index in [2.05, 4.69) is 5.32 Å². The molecular formula is C12H17ClN2O. The number of ether oxygens (including phenoxy) is 1. The maximum Gasteiger partial charge on any atom is 0.0739 e. The Morgan fingerprint density at radius 2 is 2.12 bits per heavy atom. The predicted molar refractivity (Wildman–Crippen MR) is 67.9 cm³/mol. The number of rotatable bonds is 3. The van der Waals surface area contributed by atoms with Crippen LogP contribution in [0.1, 0.15) is 12.8 Å². The van der Waals surface area contributed by atoms with Crippen molar-refractivity contribution in [3.05, 3.63) is 23.2 Å². The Bertz CT molecular complexity index is 351. The molecule has 0 unspecified atom stereocenters. The summed E-state index contributed by atoms with van der Waals surface area (Å²) in [6.07, 6.45) is 2.24. The van der Waals surface area contributed by atoms with Crippen molar-refractivity contribution in [2.45, 2.75) is 12.8 Å². The quantitative estimate of drug-likeness (QED) is 0.799. The molecule has 1 aliphatic rings. The lowest BCUT2D eigenvalue weighted by Crippen LogP contribution is -2.22. The largest absolute Gasteiger partial charge is 0.396 e. The van der Waals surface area contributed by atoms with Gasteiger partial charge in [0, 0.05) is 19.8 Å². The Hall–Kier alpha value is -0.930. The first-order chi connectivity index (χ1) is 7.77. The highest BCUT2D eigenvalue weighted by Gasteiger charge is 2.13. The van der Waals surface area contributed by atoms with Crippen LogP contribution in [-0.4, -0.2) is 19.8 Å². The van der Waals surface area contributed by atoms with Crippen LogP contribution in [0.4, 0.5) is 11.4 Å². The Labute approximate surface area is 101 Å². The summed E-state index contributed by atoms with van der Waals surface area (Å²) in [5.41, 5.74) is 7.44. The lowest BCUT2D eigenvalue weighted by atomic mass is 10.0. The highest BCUT2D eigenvalue weighted by Crippen LogP contribution is 2.27. The fourth-order valence-electron chi connectivity index (χ4n) is 1.90. The van der Waals surface area contributed by atoms with E-state index in [4.69, 9.17) is 22.1 Å². The fourth-order valence-corrected chi connectivity index (χ4v) is 2.07. The van der Waals surface area contributed by atoms with Gasteiger partial charge in [-0.3, -0.25) is 0 Å². The first-order valence-corrected chi connectivity index (χ1v) is 6.01. The van der Waals surface area contributed by atoms with Crippen molar-refractivity contribution in [1.82, 2.24) is 0 Å². The molecule has 88 valence electrons. The minimum atomic E-state index is 0.608. The predicted octanol–water partition coefficient (Wildman–Crippen LogP) is 2.76. The van der Waals surface area contributed by atoms with Gasteiger partial charge in [-0.25, -0.2) is 0 Å². The zero-order chi connectivity index (χ0) is 11.4. The monoisotopic (exact) mass is 240 g/mol. The van der Waals surface area contributed by atoms with Gasteiger partial charge < -0.3 is 15.8 Å². The van der Waals surface area contributed by atoms with Crippen molar-refractivity contribution >= 4 is 23.0 Å². The molecule has 1 aliphatic heterocycles. The van der Waals surface area contributed by atoms with Gasteiger partial charge in [0.2, 0.25) is 0 Å². The van der Waals surface area contributed by atoms with Crippen LogP contribution < -0.4 is 11.1 Å². The third kappa shape index (κ3) is 2.80. The fraction of sp³-hybridized carbons (Fsp3) is 0.500. The van der Waals surface area contributed by atoms with Crippen LogP contribution in [-0.2, 0) is 4.74 Å². The Morgan fingerprint density at radius 1 is 1.38 bits per heavy atom. The summed E-state index contributed by atoms with van der Waals surface area (Å²) in [6, 6.07) is 5.67. The molecule has 0 atom stereocenters. The minimum Gasteiger partial charge on any atom is -0.396 e. The second kappa shape index (κ2) is 5.41. The first-order valence-electron chi connectivity index (χ1n) is 5.63. The highest BCUT2D eigenvalue weighted by atomic mass is 35.5. The van der Waals surface area contributed by atoms with Gasteiger partial charge in [-0.1, -0.05) is 17.7 Å². The van der Waals surface area contributed by atoms with Crippen molar-refractivity contribution in [3.63, 3.8) is 0 Å². The molecule has 3 N–H and O–H groups in total. The molecule has 16 heavy (non-hydrogen) atoms. The van der Waals surface area contributed by atoms with E-state index < -0.39 is 0 Å². The average molecular weight is 241 g/mol. The number of nitrogen functional groups attached to an aromatic ring is 1. The molecule has 1 aromatic rings. The molecule has 0 amide bonds. The standard InChI is InChI=1S/C12H17ClN2O/c13-10-2-1-3-11(12(10)14)15-8-9-4-6-16-7-5-9/h1-3,9,15H,4-8,14H2. The molecule has 2 rings (SSSR count). The van der Waals surface area contributed by atoms with Crippen LogP contribution in [0.25, 0.3) is 0 Å². The SMILES string of the molecule is Nc1c(Cl)cccc1NCC1CCOCC1. The molecule has 1 heterocycles. The zero-order valence-electron chi connectivity index (χ0n) is 9.21. The average Bonchev–Trinajstić information content (AvgIpc) is 2.32. The van der Waals surface area contributed by atoms with E-state index in [0.717, 1.165) is 38.3 Å². The number of hydrogen-bond acceptors (Lipinski definition) is 3. The highest BCUT2D eigenvalue weighted by molar-refractivity contribution is 6.33. The summed E-state index contributed by atoms with van der Waals surface area (Å²) < 4.78 is 5.32. The van der Waals surface area contributed by atoms with Crippen molar-refractivity contribution in [2.75, 3.05) is 30.8 Å². The van der Waals surface area contributed by atoms with Gasteiger partial charge in [0.1, 0.15) is 0 Å². The van der Waals surface area contributed by atoms with Gasteiger partial charge in [0.25, 0.3) is 0 Å². The normalized spacial score (nSPS) is 17.3.